The van der Waals surface area contributed by atoms with Crippen molar-refractivity contribution in [3.63, 3.8) is 0 Å². The Bertz CT molecular complexity index is 603. The van der Waals surface area contributed by atoms with Crippen LogP contribution in [0.3, 0.4) is 0 Å². The van der Waals surface area contributed by atoms with E-state index in [0.717, 1.165) is 12.0 Å². The molecule has 7 heteroatoms. The van der Waals surface area contributed by atoms with E-state index in [1.807, 2.05) is 12.1 Å². The number of amides is 1. The van der Waals surface area contributed by atoms with Gasteiger partial charge in [0.05, 0.1) is 18.8 Å². The minimum Gasteiger partial charge on any atom is -0.470 e. The lowest BCUT2D eigenvalue weighted by molar-refractivity contribution is -0.124. The van der Waals surface area contributed by atoms with Gasteiger partial charge in [0.15, 0.2) is 0 Å². The van der Waals surface area contributed by atoms with Crippen molar-refractivity contribution in [3.8, 4) is 5.88 Å². The Morgan fingerprint density at radius 3 is 3.22 bits per heavy atom. The van der Waals surface area contributed by atoms with E-state index in [1.54, 1.807) is 24.7 Å². The van der Waals surface area contributed by atoms with Crippen LogP contribution >= 0.6 is 0 Å². The van der Waals surface area contributed by atoms with Crippen LogP contribution in [0.15, 0.2) is 36.8 Å². The molecule has 122 valence electrons. The summed E-state index contributed by atoms with van der Waals surface area (Å²) in [6.45, 7) is 1.07. The Morgan fingerprint density at radius 2 is 2.43 bits per heavy atom. The molecule has 1 saturated heterocycles. The van der Waals surface area contributed by atoms with E-state index in [1.165, 1.54) is 0 Å². The second-order valence-electron chi connectivity index (χ2n) is 5.47. The third kappa shape index (κ3) is 4.53. The van der Waals surface area contributed by atoms with E-state index in [2.05, 4.69) is 20.5 Å². The van der Waals surface area contributed by atoms with Gasteiger partial charge in [-0.1, -0.05) is 6.07 Å². The van der Waals surface area contributed by atoms with Crippen LogP contribution < -0.4 is 10.1 Å². The highest BCUT2D eigenvalue weighted by atomic mass is 16.5. The van der Waals surface area contributed by atoms with Gasteiger partial charge in [-0.15, -0.1) is 0 Å². The SMILES string of the molecule is O=C(CCc1cn[nH]c1)N[C@@H]1CCOC[C@H]1Oc1ccccn1. The van der Waals surface area contributed by atoms with E-state index < -0.39 is 0 Å². The number of carbonyl (C=O) groups is 1. The van der Waals surface area contributed by atoms with Crippen molar-refractivity contribution in [1.29, 1.82) is 0 Å². The van der Waals surface area contributed by atoms with Gasteiger partial charge in [-0.05, 0) is 24.5 Å². The monoisotopic (exact) mass is 316 g/mol. The zero-order valence-electron chi connectivity index (χ0n) is 12.8. The van der Waals surface area contributed by atoms with E-state index >= 15 is 0 Å². The predicted octanol–water partition coefficient (Wildman–Crippen LogP) is 1.09. The molecule has 3 rings (SSSR count). The Labute approximate surface area is 134 Å². The number of pyridine rings is 1. The quantitative estimate of drug-likeness (QED) is 0.833. The standard InChI is InChI=1S/C16H20N4O3/c21-15(5-4-12-9-18-19-10-12)20-13-6-8-22-11-14(13)23-16-3-1-2-7-17-16/h1-3,7,9-10,13-14H,4-6,8,11H2,(H,18,19)(H,20,21)/t13-,14-/m1/s1. The smallest absolute Gasteiger partial charge is 0.220 e. The predicted molar refractivity (Wildman–Crippen MR) is 82.9 cm³/mol. The molecule has 0 spiro atoms. The van der Waals surface area contributed by atoms with Gasteiger partial charge < -0.3 is 14.8 Å². The summed E-state index contributed by atoms with van der Waals surface area (Å²) in [7, 11) is 0. The average molecular weight is 316 g/mol. The summed E-state index contributed by atoms with van der Waals surface area (Å²) < 4.78 is 11.3. The third-order valence-electron chi connectivity index (χ3n) is 3.76. The molecular weight excluding hydrogens is 296 g/mol. The number of aromatic amines is 1. The third-order valence-corrected chi connectivity index (χ3v) is 3.76. The van der Waals surface area contributed by atoms with Gasteiger partial charge >= 0.3 is 0 Å². The molecule has 2 atom stereocenters. The van der Waals surface area contributed by atoms with Crippen molar-refractivity contribution in [2.24, 2.45) is 0 Å². The van der Waals surface area contributed by atoms with Crippen LogP contribution in [-0.2, 0) is 16.0 Å². The maximum absolute atomic E-state index is 12.2. The highest BCUT2D eigenvalue weighted by Crippen LogP contribution is 2.15. The number of aryl methyl sites for hydroxylation is 1. The molecule has 1 amide bonds. The van der Waals surface area contributed by atoms with Crippen molar-refractivity contribution < 1.29 is 14.3 Å². The molecule has 1 aliphatic rings. The van der Waals surface area contributed by atoms with E-state index in [-0.39, 0.29) is 18.1 Å². The van der Waals surface area contributed by atoms with Gasteiger partial charge in [0, 0.05) is 31.5 Å². The van der Waals surface area contributed by atoms with Gasteiger partial charge in [-0.3, -0.25) is 9.89 Å². The first-order chi connectivity index (χ1) is 11.3. The minimum atomic E-state index is -0.225. The number of H-pyrrole nitrogens is 1. The molecule has 0 aromatic carbocycles. The number of hydrogen-bond donors (Lipinski definition) is 2. The van der Waals surface area contributed by atoms with E-state index in [0.29, 0.717) is 31.9 Å². The van der Waals surface area contributed by atoms with E-state index in [4.69, 9.17) is 9.47 Å². The number of rotatable bonds is 6. The number of ether oxygens (including phenoxy) is 2. The zero-order chi connectivity index (χ0) is 15.9. The molecule has 0 aliphatic carbocycles. The van der Waals surface area contributed by atoms with Crippen LogP contribution in [0.25, 0.3) is 0 Å². The Morgan fingerprint density at radius 1 is 1.48 bits per heavy atom. The fraction of sp³-hybridized carbons (Fsp3) is 0.438. The maximum Gasteiger partial charge on any atom is 0.220 e. The van der Waals surface area contributed by atoms with Crippen LogP contribution in [0.2, 0.25) is 0 Å². The van der Waals surface area contributed by atoms with Crippen LogP contribution in [0.5, 0.6) is 5.88 Å². The van der Waals surface area contributed by atoms with Crippen LogP contribution in [0.4, 0.5) is 0 Å². The summed E-state index contributed by atoms with van der Waals surface area (Å²) in [5.74, 6) is 0.549. The van der Waals surface area contributed by atoms with Gasteiger partial charge in [0.2, 0.25) is 11.8 Å². The first-order valence-electron chi connectivity index (χ1n) is 7.74. The molecule has 23 heavy (non-hydrogen) atoms. The van der Waals surface area contributed by atoms with E-state index in [9.17, 15) is 4.79 Å². The molecule has 7 nitrogen and oxygen atoms in total. The number of hydrogen-bond acceptors (Lipinski definition) is 5. The molecular formula is C16H20N4O3. The average Bonchev–Trinajstić information content (AvgIpc) is 3.09. The summed E-state index contributed by atoms with van der Waals surface area (Å²) in [6.07, 6.45) is 6.80. The molecule has 0 radical (unpaired) electrons. The fourth-order valence-electron chi connectivity index (χ4n) is 2.52. The maximum atomic E-state index is 12.2. The van der Waals surface area contributed by atoms with Crippen LogP contribution in [0.1, 0.15) is 18.4 Å². The molecule has 1 fully saturated rings. The molecule has 1 aliphatic heterocycles. The lowest BCUT2D eigenvalue weighted by atomic mass is 10.1. The van der Waals surface area contributed by atoms with Crippen LogP contribution in [0, 0.1) is 0 Å². The first-order valence-corrected chi connectivity index (χ1v) is 7.74. The summed E-state index contributed by atoms with van der Waals surface area (Å²) in [5.41, 5.74) is 1.02. The van der Waals surface area contributed by atoms with Crippen molar-refractivity contribution >= 4 is 5.91 Å². The number of nitrogens with one attached hydrogen (secondary N) is 2. The summed E-state index contributed by atoms with van der Waals surface area (Å²) in [4.78, 5) is 16.3. The van der Waals surface area contributed by atoms with Crippen LogP contribution in [-0.4, -0.2) is 46.4 Å². The Hall–Kier alpha value is -2.41. The zero-order valence-corrected chi connectivity index (χ0v) is 12.8. The second-order valence-corrected chi connectivity index (χ2v) is 5.47. The fourth-order valence-corrected chi connectivity index (χ4v) is 2.52. The number of carbonyl (C=O) groups excluding carboxylic acids is 1. The molecule has 0 unspecified atom stereocenters. The van der Waals surface area contributed by atoms with Gasteiger partial charge in [0.1, 0.15) is 6.10 Å². The topological polar surface area (TPSA) is 89.1 Å². The molecule has 2 N–H and O–H groups in total. The Balaban J connectivity index is 1.52. The van der Waals surface area contributed by atoms with Crippen molar-refractivity contribution in [3.05, 3.63) is 42.4 Å². The molecule has 0 bridgehead atoms. The van der Waals surface area contributed by atoms with Crippen molar-refractivity contribution in [1.82, 2.24) is 20.5 Å². The largest absolute Gasteiger partial charge is 0.470 e. The van der Waals surface area contributed by atoms with Gasteiger partial charge in [0.25, 0.3) is 0 Å². The normalized spacial score (nSPS) is 20.9. The first kappa shape index (κ1) is 15.5. The van der Waals surface area contributed by atoms with Crippen molar-refractivity contribution in [2.75, 3.05) is 13.2 Å². The Kier molecular flexibility index (Phi) is 5.21. The second kappa shape index (κ2) is 7.73. The highest BCUT2D eigenvalue weighted by molar-refractivity contribution is 5.76. The number of aromatic nitrogens is 3. The molecule has 2 aromatic heterocycles. The van der Waals surface area contributed by atoms with Gasteiger partial charge in [-0.25, -0.2) is 4.98 Å². The summed E-state index contributed by atoms with van der Waals surface area (Å²) >= 11 is 0. The molecule has 2 aromatic rings. The molecule has 0 saturated carbocycles. The number of nitrogens with zero attached hydrogens (tertiary/aromatic N) is 2. The highest BCUT2D eigenvalue weighted by Gasteiger charge is 2.29. The summed E-state index contributed by atoms with van der Waals surface area (Å²) in [5, 5.41) is 9.67. The summed E-state index contributed by atoms with van der Waals surface area (Å²) in [6, 6.07) is 5.43. The lowest BCUT2D eigenvalue weighted by Crippen LogP contribution is -2.51. The minimum absolute atomic E-state index is 0.00715. The lowest BCUT2D eigenvalue weighted by Gasteiger charge is -2.32. The van der Waals surface area contributed by atoms with Gasteiger partial charge in [-0.2, -0.15) is 5.10 Å². The van der Waals surface area contributed by atoms with Crippen molar-refractivity contribution in [2.45, 2.75) is 31.4 Å². The molecule has 3 heterocycles.